The predicted molar refractivity (Wildman–Crippen MR) is 117 cm³/mol. The van der Waals surface area contributed by atoms with Crippen molar-refractivity contribution in [2.45, 2.75) is 12.1 Å². The van der Waals surface area contributed by atoms with Gasteiger partial charge in [-0.15, -0.1) is 10.1 Å². The molecular weight excluding hydrogens is 436 g/mol. The van der Waals surface area contributed by atoms with Crippen molar-refractivity contribution in [3.05, 3.63) is 70.7 Å². The summed E-state index contributed by atoms with van der Waals surface area (Å²) in [5, 5.41) is 10.8. The second-order valence-corrected chi connectivity index (χ2v) is 7.39. The fourth-order valence-corrected chi connectivity index (χ4v) is 3.34. The molecule has 10 nitrogen and oxygen atoms in total. The maximum absolute atomic E-state index is 13.3. The third-order valence-corrected chi connectivity index (χ3v) is 5.03. The van der Waals surface area contributed by atoms with Gasteiger partial charge in [0.05, 0.1) is 13.1 Å². The van der Waals surface area contributed by atoms with E-state index in [1.807, 2.05) is 6.07 Å². The number of benzene rings is 2. The minimum Gasteiger partial charge on any atom is -0.403 e. The number of amides is 3. The number of aliphatic imine (C=N–C) groups is 1. The molecule has 0 unspecified atom stereocenters. The van der Waals surface area contributed by atoms with Crippen LogP contribution in [0.15, 0.2) is 64.7 Å². The Labute approximate surface area is 188 Å². The summed E-state index contributed by atoms with van der Waals surface area (Å²) in [4.78, 5) is 41.5. The summed E-state index contributed by atoms with van der Waals surface area (Å²) in [5.74, 6) is -1.39. The van der Waals surface area contributed by atoms with Gasteiger partial charge in [-0.05, 0) is 29.8 Å². The molecule has 0 saturated carbocycles. The van der Waals surface area contributed by atoms with E-state index in [0.717, 1.165) is 5.01 Å². The van der Waals surface area contributed by atoms with Crippen LogP contribution in [-0.4, -0.2) is 53.8 Å². The van der Waals surface area contributed by atoms with E-state index in [1.165, 1.54) is 0 Å². The highest BCUT2D eigenvalue weighted by atomic mass is 35.5. The maximum atomic E-state index is 13.3. The zero-order valence-electron chi connectivity index (χ0n) is 16.7. The van der Waals surface area contributed by atoms with Gasteiger partial charge in [0.2, 0.25) is 17.7 Å². The van der Waals surface area contributed by atoms with Crippen LogP contribution < -0.4 is 16.4 Å². The molecule has 4 rings (SSSR count). The first kappa shape index (κ1) is 21.5. The van der Waals surface area contributed by atoms with Crippen LogP contribution in [0, 0.1) is 0 Å². The van der Waals surface area contributed by atoms with Crippen molar-refractivity contribution in [2.75, 3.05) is 13.1 Å². The Balaban J connectivity index is 1.62. The topological polar surface area (TPSA) is 138 Å². The molecule has 2 heterocycles. The van der Waals surface area contributed by atoms with Crippen LogP contribution in [0.4, 0.5) is 0 Å². The summed E-state index contributed by atoms with van der Waals surface area (Å²) in [7, 11) is 0. The molecule has 4 N–H and O–H groups in total. The van der Waals surface area contributed by atoms with Crippen molar-refractivity contribution in [1.82, 2.24) is 15.6 Å². The lowest BCUT2D eigenvalue weighted by Crippen LogP contribution is -2.55. The minimum absolute atomic E-state index is 0.00994. The van der Waals surface area contributed by atoms with Crippen molar-refractivity contribution < 1.29 is 19.1 Å². The quantitative estimate of drug-likeness (QED) is 0.584. The lowest BCUT2D eigenvalue weighted by Gasteiger charge is -2.30. The van der Waals surface area contributed by atoms with Crippen LogP contribution in [0.3, 0.4) is 0 Å². The number of halogens is 1. The second kappa shape index (κ2) is 9.16. The molecule has 0 radical (unpaired) electrons. The third kappa shape index (κ3) is 4.46. The number of hydrogen-bond acceptors (Lipinski definition) is 7. The van der Waals surface area contributed by atoms with Gasteiger partial charge in [0.1, 0.15) is 12.1 Å². The van der Waals surface area contributed by atoms with Crippen LogP contribution in [0.5, 0.6) is 0 Å². The highest BCUT2D eigenvalue weighted by Crippen LogP contribution is 2.30. The number of nitrogens with zero attached hydrogens (tertiary/aromatic N) is 3. The highest BCUT2D eigenvalue weighted by molar-refractivity contribution is 6.30. The number of rotatable bonds is 6. The summed E-state index contributed by atoms with van der Waals surface area (Å²) in [6.45, 7) is -0.572. The Hall–Kier alpha value is -3.76. The molecule has 2 aromatic rings. The van der Waals surface area contributed by atoms with Crippen LogP contribution >= 0.6 is 11.6 Å². The first-order valence-corrected chi connectivity index (χ1v) is 10.1. The van der Waals surface area contributed by atoms with Crippen molar-refractivity contribution in [3.8, 4) is 0 Å². The lowest BCUT2D eigenvalue weighted by atomic mass is 9.97. The van der Waals surface area contributed by atoms with Crippen molar-refractivity contribution in [3.63, 3.8) is 0 Å². The zero-order valence-corrected chi connectivity index (χ0v) is 17.5. The van der Waals surface area contributed by atoms with Crippen LogP contribution in [0.2, 0.25) is 5.02 Å². The second-order valence-electron chi connectivity index (χ2n) is 6.96. The van der Waals surface area contributed by atoms with Crippen LogP contribution in [0.25, 0.3) is 0 Å². The fourth-order valence-electron chi connectivity index (χ4n) is 3.21. The standard InChI is InChI=1S/C21H19ClN6O4/c22-14-8-6-13(7-9-14)19-27-28-20(31)18(25-16(30)11-24-15(29)10-23)17(26-21(28)32-19)12-4-2-1-3-5-12/h1-9,17-18H,10-11,23H2,(H,24,29)(H,25,30)/t17-,18+/m1/s1. The SMILES string of the molecule is NCC(=O)NCC(=O)N[C@@H]1C(=O)N2N=C(c3ccc(Cl)cc3)OC2=N[C@@H]1c1ccccc1. The molecule has 11 heteroatoms. The van der Waals surface area contributed by atoms with E-state index in [9.17, 15) is 14.4 Å². The number of ether oxygens (including phenoxy) is 1. The van der Waals surface area contributed by atoms with Gasteiger partial charge >= 0.3 is 6.02 Å². The molecule has 2 atom stereocenters. The number of carbonyl (C=O) groups excluding carboxylic acids is 3. The van der Waals surface area contributed by atoms with E-state index >= 15 is 0 Å². The fraction of sp³-hybridized carbons (Fsp3) is 0.190. The zero-order chi connectivity index (χ0) is 22.7. The number of nitrogens with one attached hydrogen (secondary N) is 2. The van der Waals surface area contributed by atoms with Gasteiger partial charge in [-0.2, -0.15) is 0 Å². The molecule has 0 bridgehead atoms. The van der Waals surface area contributed by atoms with Crippen LogP contribution in [-0.2, 0) is 19.1 Å². The van der Waals surface area contributed by atoms with Crippen molar-refractivity contribution >= 4 is 41.2 Å². The van der Waals surface area contributed by atoms with E-state index in [0.29, 0.717) is 16.1 Å². The summed E-state index contributed by atoms with van der Waals surface area (Å²) in [5.41, 5.74) is 6.55. The Morgan fingerprint density at radius 3 is 2.50 bits per heavy atom. The first-order valence-electron chi connectivity index (χ1n) is 9.71. The minimum atomic E-state index is -1.06. The Bertz CT molecular complexity index is 1100. The highest BCUT2D eigenvalue weighted by Gasteiger charge is 2.44. The molecule has 0 saturated heterocycles. The van der Waals surface area contributed by atoms with Gasteiger partial charge in [0.25, 0.3) is 5.91 Å². The number of carbonyl (C=O) groups is 3. The molecule has 32 heavy (non-hydrogen) atoms. The van der Waals surface area contributed by atoms with Crippen LogP contribution in [0.1, 0.15) is 17.2 Å². The summed E-state index contributed by atoms with van der Waals surface area (Å²) in [6.07, 6.45) is 0. The molecule has 0 fully saturated rings. The van der Waals surface area contributed by atoms with Gasteiger partial charge in [-0.1, -0.05) is 41.9 Å². The normalized spacial score (nSPS) is 19.4. The summed E-state index contributed by atoms with van der Waals surface area (Å²) in [6, 6.07) is 14.0. The molecule has 164 valence electrons. The number of amidine groups is 1. The van der Waals surface area contributed by atoms with Gasteiger partial charge in [-0.25, -0.2) is 4.99 Å². The smallest absolute Gasteiger partial charge is 0.323 e. The third-order valence-electron chi connectivity index (χ3n) is 4.78. The first-order chi connectivity index (χ1) is 15.5. The summed E-state index contributed by atoms with van der Waals surface area (Å²) >= 11 is 5.93. The molecule has 0 aliphatic carbocycles. The van der Waals surface area contributed by atoms with Gasteiger partial charge in [0.15, 0.2) is 0 Å². The number of nitrogens with two attached hydrogens (primary N) is 1. The Kier molecular flexibility index (Phi) is 6.15. The van der Waals surface area contributed by atoms with E-state index in [4.69, 9.17) is 22.1 Å². The Morgan fingerprint density at radius 1 is 1.09 bits per heavy atom. The van der Waals surface area contributed by atoms with E-state index in [-0.39, 0.29) is 25.0 Å². The maximum Gasteiger partial charge on any atom is 0.323 e. The van der Waals surface area contributed by atoms with Crippen molar-refractivity contribution in [1.29, 1.82) is 0 Å². The monoisotopic (exact) mass is 454 g/mol. The van der Waals surface area contributed by atoms with E-state index in [1.54, 1.807) is 48.5 Å². The molecule has 2 aliphatic rings. The lowest BCUT2D eigenvalue weighted by molar-refractivity contribution is -0.135. The molecule has 2 aromatic carbocycles. The van der Waals surface area contributed by atoms with E-state index < -0.39 is 29.8 Å². The molecule has 2 aliphatic heterocycles. The summed E-state index contributed by atoms with van der Waals surface area (Å²) < 4.78 is 5.74. The molecule has 0 aromatic heterocycles. The van der Waals surface area contributed by atoms with Gasteiger partial charge < -0.3 is 21.1 Å². The van der Waals surface area contributed by atoms with E-state index in [2.05, 4.69) is 20.7 Å². The van der Waals surface area contributed by atoms with Gasteiger partial charge in [-0.3, -0.25) is 14.4 Å². The Morgan fingerprint density at radius 2 is 1.81 bits per heavy atom. The van der Waals surface area contributed by atoms with Crippen molar-refractivity contribution in [2.24, 2.45) is 15.8 Å². The number of fused-ring (bicyclic) bond motifs is 1. The average Bonchev–Trinajstić information content (AvgIpc) is 3.24. The van der Waals surface area contributed by atoms with Gasteiger partial charge in [0, 0.05) is 10.6 Å². The molecule has 0 spiro atoms. The largest absolute Gasteiger partial charge is 0.403 e. The molecular formula is C21H19ClN6O4. The predicted octanol–water partition coefficient (Wildman–Crippen LogP) is 0.531. The average molecular weight is 455 g/mol. The number of hydrazone groups is 1. The molecule has 3 amide bonds. The number of hydrogen-bond donors (Lipinski definition) is 3.